The molecule has 0 aromatic heterocycles. The standard InChI is InChI=1S/C17H17ClN2O/c1-12-6-7-13(15(18)10-12)11-20-9-8-16(19-21)14-4-2-3-5-17(14)20/h2-7,10,21H,8-9,11H2,1H3/b19-16-. The number of halogens is 1. The molecule has 2 aromatic carbocycles. The number of rotatable bonds is 2. The minimum Gasteiger partial charge on any atom is -0.411 e. The average Bonchev–Trinajstić information content (AvgIpc) is 2.50. The van der Waals surface area contributed by atoms with Crippen molar-refractivity contribution in [3.05, 3.63) is 64.2 Å². The fraction of sp³-hybridized carbons (Fsp3) is 0.235. The van der Waals surface area contributed by atoms with Gasteiger partial charge in [-0.3, -0.25) is 0 Å². The summed E-state index contributed by atoms with van der Waals surface area (Å²) in [5.74, 6) is 0. The normalized spacial score (nSPS) is 16.1. The van der Waals surface area contributed by atoms with Crippen LogP contribution in [0.4, 0.5) is 5.69 Å². The van der Waals surface area contributed by atoms with Crippen LogP contribution in [0.1, 0.15) is 23.1 Å². The van der Waals surface area contributed by atoms with E-state index in [4.69, 9.17) is 16.8 Å². The number of anilines is 1. The SMILES string of the molecule is Cc1ccc(CN2CC/C(=N/O)c3ccccc32)c(Cl)c1. The molecule has 3 nitrogen and oxygen atoms in total. The molecule has 0 atom stereocenters. The second-order valence-corrected chi connectivity index (χ2v) is 5.74. The summed E-state index contributed by atoms with van der Waals surface area (Å²) in [6.45, 7) is 3.62. The number of hydrogen-bond donors (Lipinski definition) is 1. The van der Waals surface area contributed by atoms with Gasteiger partial charge in [-0.2, -0.15) is 0 Å². The Bertz CT molecular complexity index is 697. The van der Waals surface area contributed by atoms with Gasteiger partial charge >= 0.3 is 0 Å². The summed E-state index contributed by atoms with van der Waals surface area (Å²) in [4.78, 5) is 2.28. The van der Waals surface area contributed by atoms with Crippen molar-refractivity contribution in [3.8, 4) is 0 Å². The van der Waals surface area contributed by atoms with E-state index >= 15 is 0 Å². The molecule has 0 fully saturated rings. The van der Waals surface area contributed by atoms with E-state index in [-0.39, 0.29) is 0 Å². The summed E-state index contributed by atoms with van der Waals surface area (Å²) in [5.41, 5.74) is 5.11. The van der Waals surface area contributed by atoms with Crippen molar-refractivity contribution in [2.24, 2.45) is 5.16 Å². The highest BCUT2D eigenvalue weighted by Crippen LogP contribution is 2.30. The number of benzene rings is 2. The summed E-state index contributed by atoms with van der Waals surface area (Å²) in [6, 6.07) is 14.2. The number of hydrogen-bond acceptors (Lipinski definition) is 3. The first-order valence-electron chi connectivity index (χ1n) is 6.99. The summed E-state index contributed by atoms with van der Waals surface area (Å²) in [5, 5.41) is 13.4. The van der Waals surface area contributed by atoms with Crippen molar-refractivity contribution in [3.63, 3.8) is 0 Å². The van der Waals surface area contributed by atoms with Gasteiger partial charge in [-0.05, 0) is 30.2 Å². The molecule has 0 unspecified atom stereocenters. The van der Waals surface area contributed by atoms with E-state index < -0.39 is 0 Å². The number of oxime groups is 1. The summed E-state index contributed by atoms with van der Waals surface area (Å²) < 4.78 is 0. The summed E-state index contributed by atoms with van der Waals surface area (Å²) in [6.07, 6.45) is 0.733. The van der Waals surface area contributed by atoms with E-state index in [0.717, 1.165) is 52.6 Å². The van der Waals surface area contributed by atoms with Gasteiger partial charge in [0.2, 0.25) is 0 Å². The third kappa shape index (κ3) is 2.74. The molecule has 0 saturated carbocycles. The first kappa shape index (κ1) is 14.0. The minimum atomic E-state index is 0.733. The van der Waals surface area contributed by atoms with Crippen LogP contribution in [0, 0.1) is 6.92 Å². The van der Waals surface area contributed by atoms with Crippen molar-refractivity contribution in [2.45, 2.75) is 19.9 Å². The zero-order valence-corrected chi connectivity index (χ0v) is 12.6. The molecule has 108 valence electrons. The van der Waals surface area contributed by atoms with Crippen molar-refractivity contribution >= 4 is 23.0 Å². The Morgan fingerprint density at radius 1 is 1.24 bits per heavy atom. The van der Waals surface area contributed by atoms with Crippen LogP contribution >= 0.6 is 11.6 Å². The molecule has 1 N–H and O–H groups in total. The maximum absolute atomic E-state index is 9.14. The van der Waals surface area contributed by atoms with Crippen LogP contribution in [-0.4, -0.2) is 17.5 Å². The maximum atomic E-state index is 9.14. The lowest BCUT2D eigenvalue weighted by Crippen LogP contribution is -2.32. The van der Waals surface area contributed by atoms with Crippen LogP contribution in [-0.2, 0) is 6.54 Å². The molecule has 0 aliphatic carbocycles. The molecular weight excluding hydrogens is 284 g/mol. The Hall–Kier alpha value is -2.00. The van der Waals surface area contributed by atoms with E-state index in [1.165, 1.54) is 0 Å². The van der Waals surface area contributed by atoms with Crippen LogP contribution < -0.4 is 4.90 Å². The Morgan fingerprint density at radius 3 is 2.81 bits per heavy atom. The zero-order chi connectivity index (χ0) is 14.8. The highest BCUT2D eigenvalue weighted by atomic mass is 35.5. The summed E-state index contributed by atoms with van der Waals surface area (Å²) in [7, 11) is 0. The van der Waals surface area contributed by atoms with E-state index in [9.17, 15) is 0 Å². The molecule has 0 spiro atoms. The molecule has 0 saturated heterocycles. The number of aryl methyl sites for hydroxylation is 1. The molecule has 0 bridgehead atoms. The summed E-state index contributed by atoms with van der Waals surface area (Å²) >= 11 is 6.34. The van der Waals surface area contributed by atoms with E-state index in [1.54, 1.807) is 0 Å². The fourth-order valence-electron chi connectivity index (χ4n) is 2.74. The smallest absolute Gasteiger partial charge is 0.0906 e. The van der Waals surface area contributed by atoms with Gasteiger partial charge in [0.15, 0.2) is 0 Å². The van der Waals surface area contributed by atoms with Crippen LogP contribution in [0.5, 0.6) is 0 Å². The fourth-order valence-corrected chi connectivity index (χ4v) is 3.04. The van der Waals surface area contributed by atoms with Gasteiger partial charge in [0.25, 0.3) is 0 Å². The monoisotopic (exact) mass is 300 g/mol. The maximum Gasteiger partial charge on any atom is 0.0906 e. The molecule has 3 rings (SSSR count). The van der Waals surface area contributed by atoms with E-state index in [0.29, 0.717) is 0 Å². The van der Waals surface area contributed by atoms with Crippen molar-refractivity contribution < 1.29 is 5.21 Å². The van der Waals surface area contributed by atoms with Crippen LogP contribution in [0.15, 0.2) is 47.6 Å². The lowest BCUT2D eigenvalue weighted by atomic mass is 9.99. The van der Waals surface area contributed by atoms with Gasteiger partial charge in [-0.15, -0.1) is 0 Å². The second-order valence-electron chi connectivity index (χ2n) is 5.33. The van der Waals surface area contributed by atoms with Crippen LogP contribution in [0.3, 0.4) is 0 Å². The molecule has 0 amide bonds. The number of fused-ring (bicyclic) bond motifs is 1. The molecule has 0 radical (unpaired) electrons. The highest BCUT2D eigenvalue weighted by Gasteiger charge is 2.22. The van der Waals surface area contributed by atoms with Gasteiger partial charge in [0, 0.05) is 35.8 Å². The number of para-hydroxylation sites is 1. The predicted molar refractivity (Wildman–Crippen MR) is 86.6 cm³/mol. The van der Waals surface area contributed by atoms with Crippen molar-refractivity contribution in [2.75, 3.05) is 11.4 Å². The Kier molecular flexibility index (Phi) is 3.84. The first-order valence-corrected chi connectivity index (χ1v) is 7.37. The third-order valence-corrected chi connectivity index (χ3v) is 4.22. The molecule has 4 heteroatoms. The Balaban J connectivity index is 1.93. The van der Waals surface area contributed by atoms with Gasteiger partial charge in [-0.1, -0.05) is 47.1 Å². The minimum absolute atomic E-state index is 0.733. The van der Waals surface area contributed by atoms with Crippen LogP contribution in [0.25, 0.3) is 0 Å². The second kappa shape index (κ2) is 5.78. The van der Waals surface area contributed by atoms with Gasteiger partial charge in [0.05, 0.1) is 5.71 Å². The van der Waals surface area contributed by atoms with E-state index in [2.05, 4.69) is 28.3 Å². The van der Waals surface area contributed by atoms with E-state index in [1.807, 2.05) is 31.2 Å². The highest BCUT2D eigenvalue weighted by molar-refractivity contribution is 6.31. The molecular formula is C17H17ClN2O. The predicted octanol–water partition coefficient (Wildman–Crippen LogP) is 4.24. The lowest BCUT2D eigenvalue weighted by Gasteiger charge is -2.31. The topological polar surface area (TPSA) is 35.8 Å². The Morgan fingerprint density at radius 2 is 2.05 bits per heavy atom. The van der Waals surface area contributed by atoms with Gasteiger partial charge in [0.1, 0.15) is 0 Å². The van der Waals surface area contributed by atoms with Gasteiger partial charge in [-0.25, -0.2) is 0 Å². The molecule has 2 aromatic rings. The molecule has 1 aliphatic rings. The van der Waals surface area contributed by atoms with Crippen molar-refractivity contribution in [1.29, 1.82) is 0 Å². The van der Waals surface area contributed by atoms with Crippen molar-refractivity contribution in [1.82, 2.24) is 0 Å². The molecule has 1 heterocycles. The number of nitrogens with zero attached hydrogens (tertiary/aromatic N) is 2. The zero-order valence-electron chi connectivity index (χ0n) is 11.9. The van der Waals surface area contributed by atoms with Gasteiger partial charge < -0.3 is 10.1 Å². The molecule has 1 aliphatic heterocycles. The molecule has 21 heavy (non-hydrogen) atoms. The average molecular weight is 301 g/mol. The Labute approximate surface area is 129 Å². The first-order chi connectivity index (χ1) is 10.2. The third-order valence-electron chi connectivity index (χ3n) is 3.86. The lowest BCUT2D eigenvalue weighted by molar-refractivity contribution is 0.317. The largest absolute Gasteiger partial charge is 0.411 e. The van der Waals surface area contributed by atoms with Crippen LogP contribution in [0.2, 0.25) is 5.02 Å². The quantitative estimate of drug-likeness (QED) is 0.665.